The van der Waals surface area contributed by atoms with Crippen LogP contribution < -0.4 is 0 Å². The second kappa shape index (κ2) is 4.63. The molecule has 3 rings (SSSR count). The molecule has 108 valence electrons. The number of aromatic nitrogens is 1. The van der Waals surface area contributed by atoms with Gasteiger partial charge in [-0.3, -0.25) is 0 Å². The maximum Gasteiger partial charge on any atom is 0.416 e. The summed E-state index contributed by atoms with van der Waals surface area (Å²) in [6.07, 6.45) is -4.41. The number of benzene rings is 2. The predicted octanol–water partition coefficient (Wildman–Crippen LogP) is 4.39. The average molecular weight is 311 g/mol. The van der Waals surface area contributed by atoms with Crippen LogP contribution in [0.15, 0.2) is 36.4 Å². The molecule has 3 nitrogen and oxygen atoms in total. The molecular weight excluding hydrogens is 303 g/mol. The van der Waals surface area contributed by atoms with Gasteiger partial charge in [-0.05, 0) is 36.4 Å². The van der Waals surface area contributed by atoms with Crippen LogP contribution in [0.25, 0.3) is 20.8 Å². The number of alkyl halides is 3. The zero-order valence-corrected chi connectivity index (χ0v) is 11.2. The summed E-state index contributed by atoms with van der Waals surface area (Å²) >= 11 is 1.21. The van der Waals surface area contributed by atoms with Gasteiger partial charge in [0.2, 0.25) is 0 Å². The normalized spacial score (nSPS) is 12.0. The molecule has 2 N–H and O–H groups in total. The molecule has 3 aromatic rings. The molecule has 0 radical (unpaired) electrons. The van der Waals surface area contributed by atoms with Crippen molar-refractivity contribution in [1.82, 2.24) is 4.98 Å². The average Bonchev–Trinajstić information content (AvgIpc) is 2.83. The lowest BCUT2D eigenvalue weighted by molar-refractivity contribution is -0.137. The van der Waals surface area contributed by atoms with Crippen molar-refractivity contribution in [3.05, 3.63) is 42.0 Å². The predicted molar refractivity (Wildman–Crippen MR) is 73.4 cm³/mol. The van der Waals surface area contributed by atoms with Gasteiger partial charge in [0.1, 0.15) is 5.01 Å². The van der Waals surface area contributed by atoms with Gasteiger partial charge in [0.25, 0.3) is 0 Å². The molecule has 1 aromatic heterocycles. The van der Waals surface area contributed by atoms with Gasteiger partial charge in [-0.25, -0.2) is 4.98 Å². The Kier molecular flexibility index (Phi) is 3.02. The highest BCUT2D eigenvalue weighted by Gasteiger charge is 2.30. The molecule has 0 saturated heterocycles. The Hall–Kier alpha value is -2.28. The van der Waals surface area contributed by atoms with E-state index in [4.69, 9.17) is 0 Å². The van der Waals surface area contributed by atoms with Crippen molar-refractivity contribution in [1.29, 1.82) is 0 Å². The third-order valence-electron chi connectivity index (χ3n) is 2.94. The molecule has 0 amide bonds. The third kappa shape index (κ3) is 2.52. The Morgan fingerprint density at radius 2 is 1.71 bits per heavy atom. The summed E-state index contributed by atoms with van der Waals surface area (Å²) in [6, 6.07) is 7.54. The third-order valence-corrected chi connectivity index (χ3v) is 4.02. The largest absolute Gasteiger partial charge is 0.504 e. The van der Waals surface area contributed by atoms with Crippen molar-refractivity contribution < 1.29 is 23.4 Å². The fourth-order valence-electron chi connectivity index (χ4n) is 1.88. The fourth-order valence-corrected chi connectivity index (χ4v) is 2.83. The van der Waals surface area contributed by atoms with Gasteiger partial charge in [0.15, 0.2) is 11.5 Å². The fraction of sp³-hybridized carbons (Fsp3) is 0.0714. The second-order valence-electron chi connectivity index (χ2n) is 4.40. The van der Waals surface area contributed by atoms with Crippen LogP contribution in [-0.2, 0) is 6.18 Å². The minimum Gasteiger partial charge on any atom is -0.504 e. The second-order valence-corrected chi connectivity index (χ2v) is 5.43. The van der Waals surface area contributed by atoms with Crippen molar-refractivity contribution in [3.8, 4) is 22.1 Å². The molecule has 21 heavy (non-hydrogen) atoms. The van der Waals surface area contributed by atoms with Crippen molar-refractivity contribution in [2.45, 2.75) is 6.18 Å². The Labute approximate surface area is 120 Å². The van der Waals surface area contributed by atoms with Gasteiger partial charge < -0.3 is 10.2 Å². The first-order valence-corrected chi connectivity index (χ1v) is 6.66. The lowest BCUT2D eigenvalue weighted by Gasteiger charge is -2.04. The molecule has 0 aliphatic heterocycles. The van der Waals surface area contributed by atoms with Crippen LogP contribution in [0.2, 0.25) is 0 Å². The number of hydrogen-bond acceptors (Lipinski definition) is 4. The molecule has 0 unspecified atom stereocenters. The molecule has 0 atom stereocenters. The van der Waals surface area contributed by atoms with E-state index in [1.165, 1.54) is 35.6 Å². The maximum absolute atomic E-state index is 12.7. The first-order chi connectivity index (χ1) is 9.84. The number of aromatic hydroxyl groups is 2. The Bertz CT molecular complexity index is 827. The summed E-state index contributed by atoms with van der Waals surface area (Å²) < 4.78 is 38.6. The van der Waals surface area contributed by atoms with Gasteiger partial charge in [0, 0.05) is 5.56 Å². The minimum atomic E-state index is -4.41. The van der Waals surface area contributed by atoms with Crippen LogP contribution in [-0.4, -0.2) is 15.2 Å². The smallest absolute Gasteiger partial charge is 0.416 e. The molecule has 0 bridgehead atoms. The molecule has 0 saturated carbocycles. The highest BCUT2D eigenvalue weighted by atomic mass is 32.1. The molecule has 0 aliphatic rings. The van der Waals surface area contributed by atoms with Crippen molar-refractivity contribution in [2.75, 3.05) is 0 Å². The van der Waals surface area contributed by atoms with Crippen LogP contribution in [0, 0.1) is 0 Å². The van der Waals surface area contributed by atoms with Crippen LogP contribution in [0.3, 0.4) is 0 Å². The Balaban J connectivity index is 2.10. The van der Waals surface area contributed by atoms with E-state index in [2.05, 4.69) is 4.98 Å². The van der Waals surface area contributed by atoms with E-state index in [0.717, 1.165) is 12.1 Å². The molecule has 1 heterocycles. The molecule has 0 aliphatic carbocycles. The number of rotatable bonds is 1. The summed E-state index contributed by atoms with van der Waals surface area (Å²) in [5.74, 6) is -0.568. The summed E-state index contributed by atoms with van der Waals surface area (Å²) in [6.45, 7) is 0. The van der Waals surface area contributed by atoms with Gasteiger partial charge in [-0.2, -0.15) is 13.2 Å². The van der Waals surface area contributed by atoms with Crippen molar-refractivity contribution in [2.24, 2.45) is 0 Å². The zero-order valence-electron chi connectivity index (χ0n) is 10.3. The van der Waals surface area contributed by atoms with Crippen LogP contribution in [0.5, 0.6) is 11.5 Å². The topological polar surface area (TPSA) is 53.4 Å². The summed E-state index contributed by atoms with van der Waals surface area (Å²) in [4.78, 5) is 4.15. The highest BCUT2D eigenvalue weighted by molar-refractivity contribution is 7.21. The molecule has 7 heteroatoms. The van der Waals surface area contributed by atoms with Gasteiger partial charge >= 0.3 is 6.18 Å². The number of hydrogen-bond donors (Lipinski definition) is 2. The van der Waals surface area contributed by atoms with E-state index in [1.54, 1.807) is 0 Å². The number of thiazole rings is 1. The van der Waals surface area contributed by atoms with Gasteiger partial charge in [-0.1, -0.05) is 0 Å². The van der Waals surface area contributed by atoms with Crippen molar-refractivity contribution >= 4 is 21.6 Å². The minimum absolute atomic E-state index is 0.248. The van der Waals surface area contributed by atoms with Gasteiger partial charge in [0.05, 0.1) is 15.8 Å². The first-order valence-electron chi connectivity index (χ1n) is 5.85. The molecule has 2 aromatic carbocycles. The Morgan fingerprint density at radius 3 is 2.38 bits per heavy atom. The number of phenols is 2. The van der Waals surface area contributed by atoms with Gasteiger partial charge in [-0.15, -0.1) is 11.3 Å². The van der Waals surface area contributed by atoms with Crippen LogP contribution in [0.4, 0.5) is 13.2 Å². The lowest BCUT2D eigenvalue weighted by atomic mass is 10.2. The van der Waals surface area contributed by atoms with E-state index in [1.807, 2.05) is 0 Å². The number of fused-ring (bicyclic) bond motifs is 1. The maximum atomic E-state index is 12.7. The summed E-state index contributed by atoms with van der Waals surface area (Å²) in [5, 5.41) is 19.2. The summed E-state index contributed by atoms with van der Waals surface area (Å²) in [5.41, 5.74) is 0.0258. The van der Waals surface area contributed by atoms with E-state index in [-0.39, 0.29) is 17.0 Å². The quantitative estimate of drug-likeness (QED) is 0.655. The van der Waals surface area contributed by atoms with E-state index >= 15 is 0 Å². The van der Waals surface area contributed by atoms with E-state index in [9.17, 15) is 23.4 Å². The molecular formula is C14H8F3NO2S. The van der Waals surface area contributed by atoms with Crippen LogP contribution in [0.1, 0.15) is 5.56 Å². The van der Waals surface area contributed by atoms with E-state index < -0.39 is 11.7 Å². The zero-order chi connectivity index (χ0) is 15.2. The molecule has 0 fully saturated rings. The Morgan fingerprint density at radius 1 is 0.952 bits per heavy atom. The highest BCUT2D eigenvalue weighted by Crippen LogP contribution is 2.37. The lowest BCUT2D eigenvalue weighted by Crippen LogP contribution is -2.03. The monoisotopic (exact) mass is 311 g/mol. The number of phenolic OH excluding ortho intramolecular Hbond substituents is 2. The number of nitrogens with zero attached hydrogens (tertiary/aromatic N) is 1. The molecule has 0 spiro atoms. The van der Waals surface area contributed by atoms with E-state index in [0.29, 0.717) is 15.3 Å². The van der Waals surface area contributed by atoms with Crippen LogP contribution >= 0.6 is 11.3 Å². The van der Waals surface area contributed by atoms with Crippen molar-refractivity contribution in [3.63, 3.8) is 0 Å². The summed E-state index contributed by atoms with van der Waals surface area (Å²) in [7, 11) is 0. The first kappa shape index (κ1) is 13.7. The number of halogens is 3. The SMILES string of the molecule is Oc1ccc(-c2nc3cc(C(F)(F)F)ccc3s2)cc1O. The standard InChI is InChI=1S/C14H8F3NO2S/c15-14(16,17)8-2-4-12-9(6-8)18-13(21-12)7-1-3-10(19)11(20)5-7/h1-6,19-20H.